The largest absolute Gasteiger partial charge is 0.481 e. The van der Waals surface area contributed by atoms with Crippen LogP contribution in [-0.4, -0.2) is 22.8 Å². The lowest BCUT2D eigenvalue weighted by Gasteiger charge is -1.90. The first-order chi connectivity index (χ1) is 5.22. The SMILES string of the molecule is CCCC1C(CO)C1C(=O)O. The molecule has 2 N–H and O–H groups in total. The summed E-state index contributed by atoms with van der Waals surface area (Å²) in [5.41, 5.74) is 0. The van der Waals surface area contributed by atoms with Crippen molar-refractivity contribution >= 4 is 5.97 Å². The fraction of sp³-hybridized carbons (Fsp3) is 0.875. The summed E-state index contributed by atoms with van der Waals surface area (Å²) in [5.74, 6) is -0.739. The van der Waals surface area contributed by atoms with Gasteiger partial charge in [0, 0.05) is 6.61 Å². The number of hydrogen-bond acceptors (Lipinski definition) is 2. The Labute approximate surface area is 66.0 Å². The molecule has 3 unspecified atom stereocenters. The molecule has 1 aliphatic carbocycles. The average Bonchev–Trinajstić information content (AvgIpc) is 2.63. The number of carboxylic acids is 1. The van der Waals surface area contributed by atoms with Gasteiger partial charge in [-0.1, -0.05) is 13.3 Å². The van der Waals surface area contributed by atoms with Gasteiger partial charge >= 0.3 is 5.97 Å². The highest BCUT2D eigenvalue weighted by Crippen LogP contribution is 2.48. The van der Waals surface area contributed by atoms with Gasteiger partial charge in [-0.25, -0.2) is 0 Å². The normalized spacial score (nSPS) is 35.3. The van der Waals surface area contributed by atoms with Crippen molar-refractivity contribution in [1.29, 1.82) is 0 Å². The zero-order chi connectivity index (χ0) is 8.43. The average molecular weight is 158 g/mol. The molecule has 0 aliphatic heterocycles. The molecule has 11 heavy (non-hydrogen) atoms. The van der Waals surface area contributed by atoms with Crippen LogP contribution in [0, 0.1) is 17.8 Å². The van der Waals surface area contributed by atoms with Gasteiger partial charge in [0.25, 0.3) is 0 Å². The summed E-state index contributed by atoms with van der Waals surface area (Å²) < 4.78 is 0. The molecular formula is C8H14O3. The Balaban J connectivity index is 2.39. The van der Waals surface area contributed by atoms with E-state index in [4.69, 9.17) is 10.2 Å². The van der Waals surface area contributed by atoms with Gasteiger partial charge in [-0.05, 0) is 18.3 Å². The standard InChI is InChI=1S/C8H14O3/c1-2-3-5-6(4-9)7(5)8(10)11/h5-7,9H,2-4H2,1H3,(H,10,11). The highest BCUT2D eigenvalue weighted by Gasteiger charge is 2.53. The van der Waals surface area contributed by atoms with Crippen LogP contribution in [0.15, 0.2) is 0 Å². The molecule has 3 nitrogen and oxygen atoms in total. The topological polar surface area (TPSA) is 57.5 Å². The van der Waals surface area contributed by atoms with Crippen LogP contribution in [0.2, 0.25) is 0 Å². The molecule has 0 amide bonds. The second-order valence-corrected chi connectivity index (χ2v) is 3.16. The Morgan fingerprint density at radius 3 is 2.36 bits per heavy atom. The van der Waals surface area contributed by atoms with E-state index in [2.05, 4.69) is 0 Å². The summed E-state index contributed by atoms with van der Waals surface area (Å²) in [5, 5.41) is 17.4. The molecule has 64 valence electrons. The predicted molar refractivity (Wildman–Crippen MR) is 40.1 cm³/mol. The molecule has 1 rings (SSSR count). The zero-order valence-electron chi connectivity index (χ0n) is 6.66. The third-order valence-electron chi connectivity index (χ3n) is 2.45. The molecule has 0 radical (unpaired) electrons. The predicted octanol–water partition coefficient (Wildman–Crippen LogP) is 0.726. The molecule has 0 aromatic carbocycles. The number of carbonyl (C=O) groups is 1. The van der Waals surface area contributed by atoms with Crippen molar-refractivity contribution in [1.82, 2.24) is 0 Å². The van der Waals surface area contributed by atoms with Gasteiger partial charge < -0.3 is 10.2 Å². The second-order valence-electron chi connectivity index (χ2n) is 3.16. The zero-order valence-corrected chi connectivity index (χ0v) is 6.66. The van der Waals surface area contributed by atoms with Crippen LogP contribution in [0.1, 0.15) is 19.8 Å². The lowest BCUT2D eigenvalue weighted by atomic mass is 10.2. The fourth-order valence-electron chi connectivity index (χ4n) is 1.79. The highest BCUT2D eigenvalue weighted by molar-refractivity contribution is 5.74. The molecule has 0 spiro atoms. The van der Waals surface area contributed by atoms with E-state index in [1.54, 1.807) is 0 Å². The van der Waals surface area contributed by atoms with Crippen LogP contribution in [0.5, 0.6) is 0 Å². The van der Waals surface area contributed by atoms with Gasteiger partial charge in [0.15, 0.2) is 0 Å². The van der Waals surface area contributed by atoms with E-state index in [1.807, 2.05) is 6.92 Å². The molecule has 0 saturated heterocycles. The lowest BCUT2D eigenvalue weighted by Crippen LogP contribution is -2.01. The van der Waals surface area contributed by atoms with E-state index in [1.165, 1.54) is 0 Å². The summed E-state index contributed by atoms with van der Waals surface area (Å²) in [6.07, 6.45) is 1.94. The van der Waals surface area contributed by atoms with Crippen LogP contribution in [0.25, 0.3) is 0 Å². The van der Waals surface area contributed by atoms with Crippen molar-refractivity contribution in [2.45, 2.75) is 19.8 Å². The molecule has 0 heterocycles. The van der Waals surface area contributed by atoms with E-state index in [9.17, 15) is 4.79 Å². The maximum absolute atomic E-state index is 10.5. The molecule has 3 atom stereocenters. The van der Waals surface area contributed by atoms with Crippen LogP contribution in [-0.2, 0) is 4.79 Å². The minimum atomic E-state index is -0.748. The van der Waals surface area contributed by atoms with Crippen LogP contribution < -0.4 is 0 Å². The minimum absolute atomic E-state index is 0.0294. The quantitative estimate of drug-likeness (QED) is 0.634. The first-order valence-corrected chi connectivity index (χ1v) is 4.06. The van der Waals surface area contributed by atoms with E-state index in [-0.39, 0.29) is 24.4 Å². The van der Waals surface area contributed by atoms with Gasteiger partial charge in [-0.2, -0.15) is 0 Å². The van der Waals surface area contributed by atoms with Gasteiger partial charge in [-0.15, -0.1) is 0 Å². The van der Waals surface area contributed by atoms with E-state index in [0.717, 1.165) is 12.8 Å². The molecule has 0 aromatic rings. The molecule has 0 aromatic heterocycles. The summed E-state index contributed by atoms with van der Waals surface area (Å²) in [6, 6.07) is 0. The Morgan fingerprint density at radius 1 is 1.45 bits per heavy atom. The molecule has 1 saturated carbocycles. The maximum Gasteiger partial charge on any atom is 0.307 e. The van der Waals surface area contributed by atoms with Crippen molar-refractivity contribution in [3.63, 3.8) is 0 Å². The Hall–Kier alpha value is -0.570. The number of aliphatic carboxylic acids is 1. The Morgan fingerprint density at radius 2 is 2.09 bits per heavy atom. The van der Waals surface area contributed by atoms with E-state index < -0.39 is 5.97 Å². The molecular weight excluding hydrogens is 144 g/mol. The number of rotatable bonds is 4. The van der Waals surface area contributed by atoms with Crippen LogP contribution in [0.3, 0.4) is 0 Å². The third kappa shape index (κ3) is 1.53. The molecule has 1 fully saturated rings. The second kappa shape index (κ2) is 3.22. The van der Waals surface area contributed by atoms with Crippen LogP contribution in [0.4, 0.5) is 0 Å². The fourth-order valence-corrected chi connectivity index (χ4v) is 1.79. The van der Waals surface area contributed by atoms with Crippen molar-refractivity contribution < 1.29 is 15.0 Å². The number of aliphatic hydroxyl groups is 1. The first-order valence-electron chi connectivity index (χ1n) is 4.06. The van der Waals surface area contributed by atoms with Gasteiger partial charge in [0.1, 0.15) is 0 Å². The maximum atomic E-state index is 10.5. The summed E-state index contributed by atoms with van der Waals surface area (Å²) in [4.78, 5) is 10.5. The summed E-state index contributed by atoms with van der Waals surface area (Å²) in [7, 11) is 0. The van der Waals surface area contributed by atoms with E-state index in [0.29, 0.717) is 0 Å². The highest BCUT2D eigenvalue weighted by atomic mass is 16.4. The van der Waals surface area contributed by atoms with Gasteiger partial charge in [0.05, 0.1) is 5.92 Å². The smallest absolute Gasteiger partial charge is 0.307 e. The number of carboxylic acid groups (broad SMARTS) is 1. The van der Waals surface area contributed by atoms with E-state index >= 15 is 0 Å². The molecule has 3 heteroatoms. The monoisotopic (exact) mass is 158 g/mol. The van der Waals surface area contributed by atoms with Crippen molar-refractivity contribution in [2.24, 2.45) is 17.8 Å². The molecule has 1 aliphatic rings. The minimum Gasteiger partial charge on any atom is -0.481 e. The first kappa shape index (κ1) is 8.53. The van der Waals surface area contributed by atoms with Gasteiger partial charge in [-0.3, -0.25) is 4.79 Å². The third-order valence-corrected chi connectivity index (χ3v) is 2.45. The molecule has 0 bridgehead atoms. The van der Waals surface area contributed by atoms with Crippen molar-refractivity contribution in [2.75, 3.05) is 6.61 Å². The number of hydrogen-bond donors (Lipinski definition) is 2. The Kier molecular flexibility index (Phi) is 2.49. The summed E-state index contributed by atoms with van der Waals surface area (Å²) >= 11 is 0. The van der Waals surface area contributed by atoms with Crippen molar-refractivity contribution in [3.8, 4) is 0 Å². The summed E-state index contributed by atoms with van der Waals surface area (Å²) in [6.45, 7) is 2.06. The van der Waals surface area contributed by atoms with Crippen molar-refractivity contribution in [3.05, 3.63) is 0 Å². The van der Waals surface area contributed by atoms with Gasteiger partial charge in [0.2, 0.25) is 0 Å². The Bertz CT molecular complexity index is 155. The number of aliphatic hydroxyl groups excluding tert-OH is 1. The lowest BCUT2D eigenvalue weighted by molar-refractivity contribution is -0.139. The van der Waals surface area contributed by atoms with Crippen LogP contribution >= 0.6 is 0 Å².